The van der Waals surface area contributed by atoms with Crippen LogP contribution in [0, 0.1) is 5.41 Å². The van der Waals surface area contributed by atoms with Crippen LogP contribution in [0.5, 0.6) is 5.75 Å². The zero-order valence-electron chi connectivity index (χ0n) is 19.9. The fraction of sp³-hybridized carbons (Fsp3) is 0.350. The van der Waals surface area contributed by atoms with E-state index in [0.29, 0.717) is 16.4 Å². The van der Waals surface area contributed by atoms with Gasteiger partial charge < -0.3 is 26.4 Å². The monoisotopic (exact) mass is 555 g/mol. The Balaban J connectivity index is 1.68. The Bertz CT molecular complexity index is 1320. The summed E-state index contributed by atoms with van der Waals surface area (Å²) < 4.78 is 40.8. The van der Waals surface area contributed by atoms with Gasteiger partial charge >= 0.3 is 10.4 Å². The van der Waals surface area contributed by atoms with Gasteiger partial charge in [0.05, 0.1) is 5.54 Å². The quantitative estimate of drug-likeness (QED) is 0.0816. The molecule has 0 radical (unpaired) electrons. The number of hydroxylamine groups is 2. The number of hydrogen-bond donors (Lipinski definition) is 5. The number of β-lactam (4-membered cyclic amide) rings is 1. The van der Waals surface area contributed by atoms with Crippen LogP contribution in [0.15, 0.2) is 34.8 Å². The molecule has 2 aromatic rings. The molecule has 1 fully saturated rings. The van der Waals surface area contributed by atoms with Crippen molar-refractivity contribution in [1.82, 2.24) is 15.4 Å². The molecule has 0 spiro atoms. The third-order valence-electron chi connectivity index (χ3n) is 5.07. The van der Waals surface area contributed by atoms with Gasteiger partial charge in [-0.1, -0.05) is 5.16 Å². The number of anilines is 1. The summed E-state index contributed by atoms with van der Waals surface area (Å²) in [6.07, 6.45) is -0.633. The van der Waals surface area contributed by atoms with Crippen LogP contribution in [-0.4, -0.2) is 70.7 Å². The number of aromatic nitrogens is 1. The normalized spacial score (nSPS) is 18.1. The molecule has 1 saturated heterocycles. The molecule has 7 N–H and O–H groups in total. The predicted molar refractivity (Wildman–Crippen MR) is 132 cm³/mol. The minimum atomic E-state index is -4.95. The summed E-state index contributed by atoms with van der Waals surface area (Å²) in [5.74, 6) is -1.34. The van der Waals surface area contributed by atoms with Crippen LogP contribution in [0.25, 0.3) is 0 Å². The number of amidine groups is 1. The van der Waals surface area contributed by atoms with Crippen LogP contribution in [0.4, 0.5) is 5.13 Å². The van der Waals surface area contributed by atoms with E-state index in [2.05, 4.69) is 19.7 Å². The molecule has 17 heteroatoms. The standard InChI is InChI=1S/C20H25N7O8S2/c1-10(8-33-12-6-4-11(5-7-12)16(21)22)34-26-14(13-9-36-19(23)24-13)17(28)25-15-18(29)27(20(15,2)3)35-37(30,31)32/h4-7,9-10,15H,8H2,1-3H3,(H3,21,22)(H2,23,24)(H,25,28)(H,30,31,32)/b26-14-/t10?,15-/m1/s1. The Morgan fingerprint density at radius 2 is 2.03 bits per heavy atom. The minimum absolute atomic E-state index is 0.0487. The lowest BCUT2D eigenvalue weighted by Crippen LogP contribution is -2.76. The summed E-state index contributed by atoms with van der Waals surface area (Å²) >= 11 is 1.05. The van der Waals surface area contributed by atoms with E-state index >= 15 is 0 Å². The zero-order valence-corrected chi connectivity index (χ0v) is 21.5. The Kier molecular flexibility index (Phi) is 8.01. The topological polar surface area (TPSA) is 233 Å². The summed E-state index contributed by atoms with van der Waals surface area (Å²) in [7, 11) is -4.95. The van der Waals surface area contributed by atoms with Crippen molar-refractivity contribution in [2.45, 2.75) is 38.5 Å². The molecule has 1 aromatic carbocycles. The van der Waals surface area contributed by atoms with Crippen molar-refractivity contribution in [2.75, 3.05) is 12.3 Å². The molecular formula is C20H25N7O8S2. The van der Waals surface area contributed by atoms with Gasteiger partial charge in [0.25, 0.3) is 11.8 Å². The molecule has 1 aliphatic rings. The maximum absolute atomic E-state index is 13.0. The third kappa shape index (κ3) is 6.70. The van der Waals surface area contributed by atoms with Crippen molar-refractivity contribution < 1.29 is 36.4 Å². The van der Waals surface area contributed by atoms with Gasteiger partial charge in [-0.05, 0) is 45.0 Å². The van der Waals surface area contributed by atoms with Gasteiger partial charge in [0.2, 0.25) is 0 Å². The molecule has 0 bridgehead atoms. The number of oxime groups is 1. The second-order valence-electron chi connectivity index (χ2n) is 8.37. The number of nitrogens with two attached hydrogens (primary N) is 2. The van der Waals surface area contributed by atoms with E-state index in [9.17, 15) is 18.0 Å². The van der Waals surface area contributed by atoms with Crippen molar-refractivity contribution in [3.05, 3.63) is 40.9 Å². The van der Waals surface area contributed by atoms with Crippen LogP contribution in [0.1, 0.15) is 32.0 Å². The first kappa shape index (κ1) is 27.8. The number of amides is 2. The fourth-order valence-corrected chi connectivity index (χ4v) is 4.14. The third-order valence-corrected chi connectivity index (χ3v) is 6.09. The van der Waals surface area contributed by atoms with Crippen LogP contribution in [-0.2, 0) is 29.1 Å². The molecule has 2 heterocycles. The lowest BCUT2D eigenvalue weighted by molar-refractivity contribution is -0.218. The van der Waals surface area contributed by atoms with E-state index in [-0.39, 0.29) is 29.0 Å². The van der Waals surface area contributed by atoms with E-state index < -0.39 is 39.9 Å². The van der Waals surface area contributed by atoms with Crippen LogP contribution < -0.4 is 21.5 Å². The average molecular weight is 556 g/mol. The second-order valence-corrected chi connectivity index (χ2v) is 10.3. The smallest absolute Gasteiger partial charge is 0.418 e. The Labute approximate surface area is 215 Å². The van der Waals surface area contributed by atoms with Gasteiger partial charge in [0, 0.05) is 10.9 Å². The van der Waals surface area contributed by atoms with Gasteiger partial charge in [-0.25, -0.2) is 4.98 Å². The van der Waals surface area contributed by atoms with E-state index in [1.807, 2.05) is 0 Å². The minimum Gasteiger partial charge on any atom is -0.490 e. The molecule has 1 unspecified atom stereocenters. The number of carbonyl (C=O) groups is 2. The number of benzene rings is 1. The van der Waals surface area contributed by atoms with Crippen LogP contribution in [0.3, 0.4) is 0 Å². The Hall–Kier alpha value is -3.80. The number of nitrogens with one attached hydrogen (secondary N) is 2. The van der Waals surface area contributed by atoms with Crippen molar-refractivity contribution in [1.29, 1.82) is 5.41 Å². The van der Waals surface area contributed by atoms with E-state index in [1.54, 1.807) is 31.2 Å². The molecule has 0 saturated carbocycles. The molecule has 3 rings (SSSR count). The number of rotatable bonds is 11. The van der Waals surface area contributed by atoms with Gasteiger partial charge in [-0.2, -0.15) is 13.5 Å². The predicted octanol–water partition coefficient (Wildman–Crippen LogP) is 0.0376. The number of nitrogens with zero attached hydrogens (tertiary/aromatic N) is 3. The Morgan fingerprint density at radius 1 is 1.38 bits per heavy atom. The number of carbonyl (C=O) groups excluding carboxylic acids is 2. The number of nitrogen functional groups attached to an aromatic ring is 2. The van der Waals surface area contributed by atoms with E-state index in [0.717, 1.165) is 11.3 Å². The zero-order chi connectivity index (χ0) is 27.5. The summed E-state index contributed by atoms with van der Waals surface area (Å²) in [6, 6.07) is 5.32. The van der Waals surface area contributed by atoms with Crippen LogP contribution in [0.2, 0.25) is 0 Å². The molecule has 1 aromatic heterocycles. The van der Waals surface area contributed by atoms with Crippen molar-refractivity contribution in [3.63, 3.8) is 0 Å². The Morgan fingerprint density at radius 3 is 2.54 bits per heavy atom. The molecule has 37 heavy (non-hydrogen) atoms. The average Bonchev–Trinajstić information content (AvgIpc) is 3.25. The maximum Gasteiger partial charge on any atom is 0.418 e. The van der Waals surface area contributed by atoms with Crippen molar-refractivity contribution in [2.24, 2.45) is 10.9 Å². The highest BCUT2D eigenvalue weighted by Gasteiger charge is 2.58. The highest BCUT2D eigenvalue weighted by Crippen LogP contribution is 2.33. The number of ether oxygens (including phenoxy) is 1. The SMILES string of the molecule is CC(COc1ccc(C(=N)N)cc1)O/N=C(\C(=O)N[C@@H]1C(=O)N(OS(=O)(=O)O)C1(C)C)c1csc(N)n1. The van der Waals surface area contributed by atoms with Crippen molar-refractivity contribution in [3.8, 4) is 5.75 Å². The lowest BCUT2D eigenvalue weighted by atomic mass is 9.84. The molecule has 200 valence electrons. The van der Waals surface area contributed by atoms with Gasteiger partial charge in [0.1, 0.15) is 29.9 Å². The molecular weight excluding hydrogens is 530 g/mol. The first-order chi connectivity index (χ1) is 17.2. The van der Waals surface area contributed by atoms with Gasteiger partial charge in [-0.3, -0.25) is 19.6 Å². The maximum atomic E-state index is 13.0. The van der Waals surface area contributed by atoms with Crippen LogP contribution >= 0.6 is 11.3 Å². The molecule has 0 aliphatic carbocycles. The van der Waals surface area contributed by atoms with E-state index in [1.165, 1.54) is 19.2 Å². The molecule has 2 amide bonds. The first-order valence-electron chi connectivity index (χ1n) is 10.5. The number of hydrogen-bond acceptors (Lipinski definition) is 12. The molecule has 15 nitrogen and oxygen atoms in total. The highest BCUT2D eigenvalue weighted by atomic mass is 32.3. The summed E-state index contributed by atoms with van der Waals surface area (Å²) in [5.41, 5.74) is 10.1. The summed E-state index contributed by atoms with van der Waals surface area (Å²) in [4.78, 5) is 34.8. The highest BCUT2D eigenvalue weighted by molar-refractivity contribution is 7.80. The van der Waals surface area contributed by atoms with Gasteiger partial charge in [-0.15, -0.1) is 15.6 Å². The largest absolute Gasteiger partial charge is 0.490 e. The first-order valence-corrected chi connectivity index (χ1v) is 12.8. The fourth-order valence-electron chi connectivity index (χ4n) is 3.14. The van der Waals surface area contributed by atoms with Gasteiger partial charge in [0.15, 0.2) is 16.9 Å². The molecule has 2 atom stereocenters. The van der Waals surface area contributed by atoms with Crippen molar-refractivity contribution >= 4 is 50.2 Å². The number of thiazole rings is 1. The second kappa shape index (κ2) is 10.7. The lowest BCUT2D eigenvalue weighted by Gasteiger charge is -2.50. The summed E-state index contributed by atoms with van der Waals surface area (Å²) in [5, 5.41) is 15.8. The molecule has 1 aliphatic heterocycles. The van der Waals surface area contributed by atoms with E-state index in [4.69, 9.17) is 31.0 Å². The summed E-state index contributed by atoms with van der Waals surface area (Å²) in [6.45, 7) is 4.52.